The lowest BCUT2D eigenvalue weighted by Gasteiger charge is -2.30. The summed E-state index contributed by atoms with van der Waals surface area (Å²) >= 11 is 19.7. The molecule has 0 aromatic heterocycles. The zero-order chi connectivity index (χ0) is 14.5. The van der Waals surface area contributed by atoms with E-state index in [-0.39, 0.29) is 15.8 Å². The Hall–Kier alpha value is 1.07. The first-order valence-electron chi connectivity index (χ1n) is 6.62. The van der Waals surface area contributed by atoms with E-state index in [4.69, 9.17) is 39.5 Å². The van der Waals surface area contributed by atoms with Crippen LogP contribution in [0.25, 0.3) is 0 Å². The first kappa shape index (κ1) is 18.1. The maximum absolute atomic E-state index is 12.0. The number of rotatable bonds is 5. The Kier molecular flexibility index (Phi) is 8.10. The number of carbonyl (C=O) groups excluding carboxylic acids is 1. The van der Waals surface area contributed by atoms with Gasteiger partial charge < -0.3 is 4.74 Å². The molecule has 2 unspecified atom stereocenters. The van der Waals surface area contributed by atoms with Crippen molar-refractivity contribution in [2.45, 2.75) is 52.7 Å². The van der Waals surface area contributed by atoms with E-state index < -0.39 is 3.79 Å². The van der Waals surface area contributed by atoms with Crippen LogP contribution >= 0.6 is 57.4 Å². The molecule has 0 heterocycles. The Bertz CT molecular complexity index is 288. The maximum atomic E-state index is 12.0. The van der Waals surface area contributed by atoms with Crippen molar-refractivity contribution < 1.29 is 9.53 Å². The van der Waals surface area contributed by atoms with Crippen LogP contribution in [0.1, 0.15) is 44.9 Å². The number of carbonyl (C=O) groups is 1. The molecule has 6 heteroatoms. The molecule has 0 aromatic carbocycles. The summed E-state index contributed by atoms with van der Waals surface area (Å²) in [6, 6.07) is 0. The van der Waals surface area contributed by atoms with Crippen molar-refractivity contribution in [2.24, 2.45) is 11.8 Å². The monoisotopic (exact) mass is 440 g/mol. The smallest absolute Gasteiger partial charge is 0.308 e. The van der Waals surface area contributed by atoms with Gasteiger partial charge in [-0.3, -0.25) is 4.79 Å². The minimum Gasteiger partial charge on any atom is -0.469 e. The lowest BCUT2D eigenvalue weighted by atomic mass is 9.78. The van der Waals surface area contributed by atoms with Gasteiger partial charge in [0.25, 0.3) is 0 Å². The molecule has 0 aliphatic heterocycles. The summed E-state index contributed by atoms with van der Waals surface area (Å²) in [7, 11) is 1.45. The molecule has 0 aromatic rings. The number of esters is 1. The highest BCUT2D eigenvalue weighted by Gasteiger charge is 2.34. The molecule has 0 bridgehead atoms. The molecule has 19 heavy (non-hydrogen) atoms. The number of hydrogen-bond donors (Lipinski definition) is 0. The van der Waals surface area contributed by atoms with Gasteiger partial charge in [-0.2, -0.15) is 0 Å². The average Bonchev–Trinajstić information content (AvgIpc) is 2.34. The van der Waals surface area contributed by atoms with E-state index in [1.807, 2.05) is 0 Å². The van der Waals surface area contributed by atoms with Gasteiger partial charge in [0.05, 0.1) is 13.0 Å². The molecule has 2 atom stereocenters. The van der Waals surface area contributed by atoms with Crippen molar-refractivity contribution in [3.63, 3.8) is 0 Å². The second-order valence-electron chi connectivity index (χ2n) is 5.18. The van der Waals surface area contributed by atoms with Crippen LogP contribution in [0.2, 0.25) is 0 Å². The van der Waals surface area contributed by atoms with E-state index in [1.54, 1.807) is 0 Å². The van der Waals surface area contributed by atoms with Crippen molar-refractivity contribution in [3.05, 3.63) is 0 Å². The Labute approximate surface area is 144 Å². The highest BCUT2D eigenvalue weighted by Crippen LogP contribution is 2.39. The molecule has 1 aliphatic rings. The van der Waals surface area contributed by atoms with E-state index in [1.165, 1.54) is 26.4 Å². The predicted octanol–water partition coefficient (Wildman–Crippen LogP) is 5.31. The molecule has 0 amide bonds. The Morgan fingerprint density at radius 1 is 1.32 bits per heavy atom. The van der Waals surface area contributed by atoms with Crippen molar-refractivity contribution in [3.8, 4) is 0 Å². The minimum atomic E-state index is -1.25. The standard InChI is InChI=1S/C13H20Cl3IO2/c1-19-12(18)11(9-5-3-2-4-6-9)7-10(17)8-13(14,15)16/h9-11H,2-8H2,1H3. The number of methoxy groups -OCH3 is 1. The Morgan fingerprint density at radius 3 is 2.37 bits per heavy atom. The van der Waals surface area contributed by atoms with Gasteiger partial charge in [-0.1, -0.05) is 76.7 Å². The highest BCUT2D eigenvalue weighted by molar-refractivity contribution is 14.1. The molecule has 1 rings (SSSR count). The average molecular weight is 442 g/mol. The molecule has 0 saturated heterocycles. The fraction of sp³-hybridized carbons (Fsp3) is 0.923. The summed E-state index contributed by atoms with van der Waals surface area (Å²) in [4.78, 5) is 12.0. The molecule has 0 spiro atoms. The van der Waals surface area contributed by atoms with E-state index in [9.17, 15) is 4.79 Å². The Balaban J connectivity index is 2.61. The van der Waals surface area contributed by atoms with Gasteiger partial charge in [-0.05, 0) is 25.2 Å². The van der Waals surface area contributed by atoms with Gasteiger partial charge in [0.15, 0.2) is 3.79 Å². The van der Waals surface area contributed by atoms with Crippen LogP contribution in [0.3, 0.4) is 0 Å². The third kappa shape index (κ3) is 7.05. The first-order chi connectivity index (χ1) is 8.83. The SMILES string of the molecule is COC(=O)C(CC(I)CC(Cl)(Cl)Cl)C1CCCCC1. The van der Waals surface area contributed by atoms with Crippen LogP contribution in [0.4, 0.5) is 0 Å². The van der Waals surface area contributed by atoms with Gasteiger partial charge in [-0.25, -0.2) is 0 Å². The molecule has 1 fully saturated rings. The van der Waals surface area contributed by atoms with Crippen molar-refractivity contribution >= 4 is 63.4 Å². The molecular formula is C13H20Cl3IO2. The van der Waals surface area contributed by atoms with Gasteiger partial charge in [0, 0.05) is 10.3 Å². The van der Waals surface area contributed by atoms with Crippen LogP contribution in [0, 0.1) is 11.8 Å². The first-order valence-corrected chi connectivity index (χ1v) is 9.00. The van der Waals surface area contributed by atoms with Crippen molar-refractivity contribution in [1.29, 1.82) is 0 Å². The van der Waals surface area contributed by atoms with E-state index >= 15 is 0 Å². The number of hydrogen-bond acceptors (Lipinski definition) is 2. The summed E-state index contributed by atoms with van der Waals surface area (Å²) in [6.07, 6.45) is 7.08. The summed E-state index contributed by atoms with van der Waals surface area (Å²) in [5, 5.41) is 0. The predicted molar refractivity (Wildman–Crippen MR) is 89.4 cm³/mol. The molecule has 0 N–H and O–H groups in total. The van der Waals surface area contributed by atoms with E-state index in [0.29, 0.717) is 12.3 Å². The zero-order valence-electron chi connectivity index (χ0n) is 11.0. The summed E-state index contributed by atoms with van der Waals surface area (Å²) in [6.45, 7) is 0. The zero-order valence-corrected chi connectivity index (χ0v) is 15.4. The molecule has 1 saturated carbocycles. The topological polar surface area (TPSA) is 26.3 Å². The van der Waals surface area contributed by atoms with Crippen LogP contribution in [-0.2, 0) is 9.53 Å². The van der Waals surface area contributed by atoms with Crippen molar-refractivity contribution in [2.75, 3.05) is 7.11 Å². The quantitative estimate of drug-likeness (QED) is 0.328. The van der Waals surface area contributed by atoms with Crippen LogP contribution < -0.4 is 0 Å². The number of halogens is 4. The fourth-order valence-electron chi connectivity index (χ4n) is 2.78. The second-order valence-corrected chi connectivity index (χ2v) is 9.46. The summed E-state index contributed by atoms with van der Waals surface area (Å²) in [5.41, 5.74) is 0. The lowest BCUT2D eigenvalue weighted by Crippen LogP contribution is -2.30. The molecule has 1 aliphatic carbocycles. The fourth-order valence-corrected chi connectivity index (χ4v) is 5.33. The third-order valence-electron chi connectivity index (χ3n) is 3.69. The third-order valence-corrected chi connectivity index (χ3v) is 5.10. The molecule has 112 valence electrons. The van der Waals surface area contributed by atoms with Crippen LogP contribution in [0.5, 0.6) is 0 Å². The molecule has 0 radical (unpaired) electrons. The minimum absolute atomic E-state index is 0.0560. The van der Waals surface area contributed by atoms with E-state index in [2.05, 4.69) is 22.6 Å². The Morgan fingerprint density at radius 2 is 1.89 bits per heavy atom. The second kappa shape index (κ2) is 8.50. The molecule has 2 nitrogen and oxygen atoms in total. The summed E-state index contributed by atoms with van der Waals surface area (Å²) in [5.74, 6) is 0.256. The normalized spacial score (nSPS) is 20.9. The largest absolute Gasteiger partial charge is 0.469 e. The van der Waals surface area contributed by atoms with Gasteiger partial charge in [0.1, 0.15) is 0 Å². The lowest BCUT2D eigenvalue weighted by molar-refractivity contribution is -0.148. The number of ether oxygens (including phenoxy) is 1. The molecular weight excluding hydrogens is 421 g/mol. The van der Waals surface area contributed by atoms with Crippen LogP contribution in [0.15, 0.2) is 0 Å². The maximum Gasteiger partial charge on any atom is 0.308 e. The number of alkyl halides is 4. The van der Waals surface area contributed by atoms with E-state index in [0.717, 1.165) is 19.3 Å². The van der Waals surface area contributed by atoms with Crippen LogP contribution in [-0.4, -0.2) is 20.8 Å². The van der Waals surface area contributed by atoms with Gasteiger partial charge in [-0.15, -0.1) is 0 Å². The van der Waals surface area contributed by atoms with Crippen molar-refractivity contribution in [1.82, 2.24) is 0 Å². The van der Waals surface area contributed by atoms with Gasteiger partial charge >= 0.3 is 5.97 Å². The highest BCUT2D eigenvalue weighted by atomic mass is 127. The van der Waals surface area contributed by atoms with Gasteiger partial charge in [0.2, 0.25) is 0 Å². The summed E-state index contributed by atoms with van der Waals surface area (Å²) < 4.78 is 3.87.